The highest BCUT2D eigenvalue weighted by Crippen LogP contribution is 2.24. The maximum absolute atomic E-state index is 11.1. The summed E-state index contributed by atoms with van der Waals surface area (Å²) in [5, 5.41) is 0. The van der Waals surface area contributed by atoms with Crippen LogP contribution in [0.15, 0.2) is 0 Å². The molecule has 0 aromatic heterocycles. The number of hydrogen-bond donors (Lipinski definition) is 0. The van der Waals surface area contributed by atoms with Crippen LogP contribution < -0.4 is 0 Å². The SMILES string of the molecule is [B]N1C(=O)CC(C(C)C)C1=O. The predicted octanol–water partition coefficient (Wildman–Crippen LogP) is 0.101. The van der Waals surface area contributed by atoms with Crippen molar-refractivity contribution in [1.82, 2.24) is 4.81 Å². The molecule has 1 rings (SSSR count). The zero-order chi connectivity index (χ0) is 8.59. The van der Waals surface area contributed by atoms with Crippen molar-refractivity contribution in [3.63, 3.8) is 0 Å². The largest absolute Gasteiger partial charge is 0.340 e. The fourth-order valence-corrected chi connectivity index (χ4v) is 1.20. The summed E-state index contributed by atoms with van der Waals surface area (Å²) in [5.74, 6) is -0.522. The standard InChI is InChI=1S/C7H10BNO2/c1-4(2)5-3-6(10)9(8)7(5)11/h4-5H,3H2,1-2H3. The van der Waals surface area contributed by atoms with Gasteiger partial charge in [0.1, 0.15) is 0 Å². The van der Waals surface area contributed by atoms with Crippen LogP contribution in [0.1, 0.15) is 20.3 Å². The Bertz CT molecular complexity index is 203. The Morgan fingerprint density at radius 3 is 2.27 bits per heavy atom. The summed E-state index contributed by atoms with van der Waals surface area (Å²) >= 11 is 0. The van der Waals surface area contributed by atoms with Gasteiger partial charge in [-0.25, -0.2) is 0 Å². The summed E-state index contributed by atoms with van der Waals surface area (Å²) in [6, 6.07) is 0. The average Bonchev–Trinajstić information content (AvgIpc) is 2.17. The molecule has 0 aromatic rings. The third kappa shape index (κ3) is 1.30. The summed E-state index contributed by atoms with van der Waals surface area (Å²) in [7, 11) is 5.18. The molecule has 0 saturated carbocycles. The molecule has 1 aliphatic heterocycles. The van der Waals surface area contributed by atoms with Crippen LogP contribution in [-0.4, -0.2) is 24.6 Å². The second-order valence-corrected chi connectivity index (χ2v) is 3.16. The van der Waals surface area contributed by atoms with Crippen molar-refractivity contribution in [2.75, 3.05) is 0 Å². The molecule has 11 heavy (non-hydrogen) atoms. The van der Waals surface area contributed by atoms with Gasteiger partial charge in [-0.3, -0.25) is 9.59 Å². The van der Waals surface area contributed by atoms with Gasteiger partial charge in [-0.1, -0.05) is 13.8 Å². The number of hydrogen-bond acceptors (Lipinski definition) is 2. The average molecular weight is 151 g/mol. The van der Waals surface area contributed by atoms with Gasteiger partial charge in [0.05, 0.1) is 0 Å². The molecule has 1 heterocycles. The highest BCUT2D eigenvalue weighted by Gasteiger charge is 2.36. The van der Waals surface area contributed by atoms with Gasteiger partial charge in [0.15, 0.2) is 0 Å². The smallest absolute Gasteiger partial charge is 0.242 e. The highest BCUT2D eigenvalue weighted by molar-refractivity contribution is 6.27. The molecule has 0 bridgehead atoms. The zero-order valence-electron chi connectivity index (χ0n) is 6.70. The van der Waals surface area contributed by atoms with Crippen LogP contribution in [-0.2, 0) is 9.59 Å². The highest BCUT2D eigenvalue weighted by atomic mass is 16.2. The number of carbonyl (C=O) groups is 2. The van der Waals surface area contributed by atoms with Gasteiger partial charge in [0.25, 0.3) is 0 Å². The molecule has 0 aliphatic carbocycles. The van der Waals surface area contributed by atoms with Crippen molar-refractivity contribution in [2.45, 2.75) is 20.3 Å². The van der Waals surface area contributed by atoms with Crippen molar-refractivity contribution in [1.29, 1.82) is 0 Å². The normalized spacial score (nSPS) is 25.4. The Morgan fingerprint density at radius 1 is 1.55 bits per heavy atom. The van der Waals surface area contributed by atoms with Gasteiger partial charge in [0.2, 0.25) is 19.8 Å². The van der Waals surface area contributed by atoms with Gasteiger partial charge >= 0.3 is 0 Å². The first-order chi connectivity index (χ1) is 5.04. The number of imide groups is 1. The molecule has 0 N–H and O–H groups in total. The van der Waals surface area contributed by atoms with Crippen LogP contribution in [0, 0.1) is 11.8 Å². The van der Waals surface area contributed by atoms with E-state index in [1.807, 2.05) is 13.8 Å². The van der Waals surface area contributed by atoms with E-state index in [0.29, 0.717) is 0 Å². The molecule has 2 amide bonds. The lowest BCUT2D eigenvalue weighted by atomic mass is 9.94. The number of rotatable bonds is 1. The lowest BCUT2D eigenvalue weighted by Crippen LogP contribution is -2.28. The van der Waals surface area contributed by atoms with E-state index in [-0.39, 0.29) is 30.1 Å². The Balaban J connectivity index is 2.75. The van der Waals surface area contributed by atoms with Crippen molar-refractivity contribution in [2.24, 2.45) is 11.8 Å². The molecule has 0 aromatic carbocycles. The zero-order valence-corrected chi connectivity index (χ0v) is 6.70. The van der Waals surface area contributed by atoms with Gasteiger partial charge < -0.3 is 4.81 Å². The van der Waals surface area contributed by atoms with Crippen LogP contribution in [0.3, 0.4) is 0 Å². The molecule has 1 saturated heterocycles. The summed E-state index contributed by atoms with van der Waals surface area (Å²) in [6.07, 6.45) is 0.271. The fourth-order valence-electron chi connectivity index (χ4n) is 1.20. The lowest BCUT2D eigenvalue weighted by Gasteiger charge is -2.11. The van der Waals surface area contributed by atoms with Gasteiger partial charge in [0, 0.05) is 12.3 Å². The summed E-state index contributed by atoms with van der Waals surface area (Å²) in [4.78, 5) is 22.7. The fraction of sp³-hybridized carbons (Fsp3) is 0.714. The van der Waals surface area contributed by atoms with Crippen LogP contribution >= 0.6 is 0 Å². The first kappa shape index (κ1) is 8.30. The predicted molar refractivity (Wildman–Crippen MR) is 40.6 cm³/mol. The number of amides is 2. The van der Waals surface area contributed by atoms with E-state index in [1.165, 1.54) is 0 Å². The third-order valence-corrected chi connectivity index (χ3v) is 2.02. The van der Waals surface area contributed by atoms with E-state index in [9.17, 15) is 9.59 Å². The maximum atomic E-state index is 11.1. The molecule has 4 heteroatoms. The minimum atomic E-state index is -0.270. The molecule has 1 fully saturated rings. The lowest BCUT2D eigenvalue weighted by molar-refractivity contribution is -0.133. The quantitative estimate of drug-likeness (QED) is 0.393. The van der Waals surface area contributed by atoms with Crippen molar-refractivity contribution in [3.8, 4) is 0 Å². The Morgan fingerprint density at radius 2 is 2.09 bits per heavy atom. The number of nitrogens with zero attached hydrogens (tertiary/aromatic N) is 1. The summed E-state index contributed by atoms with van der Waals surface area (Å²) < 4.78 is 0. The van der Waals surface area contributed by atoms with Gasteiger partial charge in [-0.05, 0) is 5.92 Å². The van der Waals surface area contributed by atoms with Crippen LogP contribution in [0.4, 0.5) is 0 Å². The molecular weight excluding hydrogens is 141 g/mol. The first-order valence-electron chi connectivity index (χ1n) is 3.65. The summed E-state index contributed by atoms with van der Waals surface area (Å²) in [5.41, 5.74) is 0. The maximum Gasteiger partial charge on any atom is 0.242 e. The van der Waals surface area contributed by atoms with Crippen molar-refractivity contribution >= 4 is 19.8 Å². The van der Waals surface area contributed by atoms with Gasteiger partial charge in [-0.2, -0.15) is 0 Å². The molecule has 0 spiro atoms. The Kier molecular flexibility index (Phi) is 2.02. The topological polar surface area (TPSA) is 37.4 Å². The monoisotopic (exact) mass is 151 g/mol. The molecule has 3 nitrogen and oxygen atoms in total. The van der Waals surface area contributed by atoms with Crippen molar-refractivity contribution < 1.29 is 9.59 Å². The van der Waals surface area contributed by atoms with Crippen LogP contribution in [0.25, 0.3) is 0 Å². The van der Waals surface area contributed by atoms with E-state index in [0.717, 1.165) is 4.81 Å². The third-order valence-electron chi connectivity index (χ3n) is 2.02. The Hall–Kier alpha value is -0.795. The minimum Gasteiger partial charge on any atom is -0.340 e. The van der Waals surface area contributed by atoms with E-state index in [4.69, 9.17) is 7.98 Å². The van der Waals surface area contributed by atoms with Crippen LogP contribution in [0.2, 0.25) is 0 Å². The molecule has 1 aliphatic rings. The molecule has 1 unspecified atom stereocenters. The van der Waals surface area contributed by atoms with E-state index in [2.05, 4.69) is 0 Å². The second kappa shape index (κ2) is 2.68. The van der Waals surface area contributed by atoms with E-state index < -0.39 is 0 Å². The summed E-state index contributed by atoms with van der Waals surface area (Å²) in [6.45, 7) is 3.82. The number of carbonyl (C=O) groups excluding carboxylic acids is 2. The van der Waals surface area contributed by atoms with Crippen molar-refractivity contribution in [3.05, 3.63) is 0 Å². The van der Waals surface area contributed by atoms with E-state index in [1.54, 1.807) is 0 Å². The first-order valence-corrected chi connectivity index (χ1v) is 3.65. The second-order valence-electron chi connectivity index (χ2n) is 3.16. The molecule has 1 atom stereocenters. The van der Waals surface area contributed by atoms with Gasteiger partial charge in [-0.15, -0.1) is 0 Å². The molecule has 58 valence electrons. The molecular formula is C7H10BNO2. The van der Waals surface area contributed by atoms with Crippen LogP contribution in [0.5, 0.6) is 0 Å². The minimum absolute atomic E-state index is 0.194. The van der Waals surface area contributed by atoms with E-state index >= 15 is 0 Å². The molecule has 2 radical (unpaired) electrons. The Labute approximate surface area is 67.2 Å².